The fourth-order valence-corrected chi connectivity index (χ4v) is 2.89. The first-order valence-corrected chi connectivity index (χ1v) is 7.18. The van der Waals surface area contributed by atoms with Gasteiger partial charge in [0, 0.05) is 25.3 Å². The van der Waals surface area contributed by atoms with Crippen molar-refractivity contribution in [2.24, 2.45) is 5.92 Å². The van der Waals surface area contributed by atoms with Crippen LogP contribution in [-0.2, 0) is 6.54 Å². The van der Waals surface area contributed by atoms with E-state index in [9.17, 15) is 0 Å². The van der Waals surface area contributed by atoms with Crippen molar-refractivity contribution in [3.8, 4) is 0 Å². The maximum atomic E-state index is 5.64. The van der Waals surface area contributed by atoms with Crippen molar-refractivity contribution in [3.05, 3.63) is 12.3 Å². The molecule has 1 saturated carbocycles. The molecule has 0 aromatic carbocycles. The van der Waals surface area contributed by atoms with Crippen molar-refractivity contribution in [2.75, 3.05) is 18.8 Å². The van der Waals surface area contributed by atoms with Crippen LogP contribution in [0.1, 0.15) is 39.5 Å². The van der Waals surface area contributed by atoms with Gasteiger partial charge in [0.05, 0.1) is 6.54 Å². The van der Waals surface area contributed by atoms with Crippen LogP contribution in [0.5, 0.6) is 0 Å². The SMILES string of the molecule is CC(C)CN(CCn1ccc(N)n1)C1CCCC1. The minimum Gasteiger partial charge on any atom is -0.382 e. The van der Waals surface area contributed by atoms with Crippen LogP contribution in [0.15, 0.2) is 12.3 Å². The van der Waals surface area contributed by atoms with Gasteiger partial charge in [-0.05, 0) is 24.8 Å². The lowest BCUT2D eigenvalue weighted by molar-refractivity contribution is 0.168. The minimum absolute atomic E-state index is 0.617. The molecule has 18 heavy (non-hydrogen) atoms. The number of nitrogen functional groups attached to an aromatic ring is 1. The lowest BCUT2D eigenvalue weighted by Gasteiger charge is -2.30. The van der Waals surface area contributed by atoms with Crippen LogP contribution in [0.3, 0.4) is 0 Å². The number of rotatable bonds is 6. The normalized spacial score (nSPS) is 17.1. The molecule has 4 nitrogen and oxygen atoms in total. The van der Waals surface area contributed by atoms with E-state index in [-0.39, 0.29) is 0 Å². The molecule has 0 spiro atoms. The van der Waals surface area contributed by atoms with Gasteiger partial charge in [-0.3, -0.25) is 9.58 Å². The number of hydrogen-bond acceptors (Lipinski definition) is 3. The Morgan fingerprint density at radius 3 is 2.72 bits per heavy atom. The van der Waals surface area contributed by atoms with Crippen LogP contribution in [0.2, 0.25) is 0 Å². The van der Waals surface area contributed by atoms with Crippen LogP contribution in [-0.4, -0.2) is 33.8 Å². The molecule has 2 N–H and O–H groups in total. The van der Waals surface area contributed by atoms with E-state index in [2.05, 4.69) is 23.8 Å². The molecule has 102 valence electrons. The molecule has 0 bridgehead atoms. The molecule has 1 aliphatic rings. The molecule has 1 fully saturated rings. The zero-order chi connectivity index (χ0) is 13.0. The summed E-state index contributed by atoms with van der Waals surface area (Å²) in [5.41, 5.74) is 5.64. The molecular formula is C14H26N4. The highest BCUT2D eigenvalue weighted by Gasteiger charge is 2.22. The maximum absolute atomic E-state index is 5.64. The fourth-order valence-electron chi connectivity index (χ4n) is 2.89. The highest BCUT2D eigenvalue weighted by atomic mass is 15.3. The Bertz CT molecular complexity index is 352. The Labute approximate surface area is 110 Å². The summed E-state index contributed by atoms with van der Waals surface area (Å²) in [4.78, 5) is 2.65. The van der Waals surface area contributed by atoms with Crippen LogP contribution in [0.4, 0.5) is 5.82 Å². The highest BCUT2D eigenvalue weighted by molar-refractivity contribution is 5.23. The Morgan fingerprint density at radius 1 is 1.44 bits per heavy atom. The van der Waals surface area contributed by atoms with E-state index in [1.807, 2.05) is 16.9 Å². The molecule has 0 saturated heterocycles. The van der Waals surface area contributed by atoms with E-state index >= 15 is 0 Å². The average molecular weight is 250 g/mol. The van der Waals surface area contributed by atoms with Gasteiger partial charge in [-0.15, -0.1) is 0 Å². The van der Waals surface area contributed by atoms with Crippen LogP contribution in [0.25, 0.3) is 0 Å². The first-order chi connectivity index (χ1) is 8.65. The lowest BCUT2D eigenvalue weighted by atomic mass is 10.1. The van der Waals surface area contributed by atoms with E-state index < -0.39 is 0 Å². The van der Waals surface area contributed by atoms with Gasteiger partial charge in [0.15, 0.2) is 0 Å². The molecule has 1 aliphatic carbocycles. The molecule has 0 unspecified atom stereocenters. The molecule has 0 amide bonds. The molecular weight excluding hydrogens is 224 g/mol. The summed E-state index contributed by atoms with van der Waals surface area (Å²) in [7, 11) is 0. The minimum atomic E-state index is 0.617. The van der Waals surface area contributed by atoms with Crippen molar-refractivity contribution in [3.63, 3.8) is 0 Å². The van der Waals surface area contributed by atoms with Crippen molar-refractivity contribution < 1.29 is 0 Å². The Hall–Kier alpha value is -1.03. The first kappa shape index (κ1) is 13.4. The second kappa shape index (κ2) is 6.23. The third-order valence-corrected chi connectivity index (χ3v) is 3.72. The van der Waals surface area contributed by atoms with Gasteiger partial charge in [0.1, 0.15) is 5.82 Å². The predicted octanol–water partition coefficient (Wildman–Crippen LogP) is 2.37. The molecule has 0 aliphatic heterocycles. The molecule has 1 aromatic rings. The second-order valence-corrected chi connectivity index (χ2v) is 5.83. The van der Waals surface area contributed by atoms with Gasteiger partial charge in [0.2, 0.25) is 0 Å². The number of nitrogens with zero attached hydrogens (tertiary/aromatic N) is 3. The number of anilines is 1. The molecule has 4 heteroatoms. The summed E-state index contributed by atoms with van der Waals surface area (Å²) in [6.45, 7) is 7.83. The number of aromatic nitrogens is 2. The Balaban J connectivity index is 1.87. The van der Waals surface area contributed by atoms with Gasteiger partial charge >= 0.3 is 0 Å². The third kappa shape index (κ3) is 3.73. The summed E-state index contributed by atoms with van der Waals surface area (Å²) >= 11 is 0. The van der Waals surface area contributed by atoms with E-state index in [1.165, 1.54) is 32.2 Å². The second-order valence-electron chi connectivity index (χ2n) is 5.83. The highest BCUT2D eigenvalue weighted by Crippen LogP contribution is 2.24. The molecule has 1 aromatic heterocycles. The molecule has 0 radical (unpaired) electrons. The summed E-state index contributed by atoms with van der Waals surface area (Å²) in [6.07, 6.45) is 7.50. The van der Waals surface area contributed by atoms with E-state index in [0.29, 0.717) is 5.82 Å². The summed E-state index contributed by atoms with van der Waals surface area (Å²) < 4.78 is 1.96. The van der Waals surface area contributed by atoms with Crippen molar-refractivity contribution in [1.82, 2.24) is 14.7 Å². The van der Waals surface area contributed by atoms with Gasteiger partial charge < -0.3 is 5.73 Å². The predicted molar refractivity (Wildman–Crippen MR) is 75.3 cm³/mol. The number of nitrogens with two attached hydrogens (primary N) is 1. The van der Waals surface area contributed by atoms with Crippen molar-refractivity contribution >= 4 is 5.82 Å². The quantitative estimate of drug-likeness (QED) is 0.843. The topological polar surface area (TPSA) is 47.1 Å². The van der Waals surface area contributed by atoms with Crippen LogP contribution in [0, 0.1) is 5.92 Å². The van der Waals surface area contributed by atoms with Gasteiger partial charge in [0.25, 0.3) is 0 Å². The van der Waals surface area contributed by atoms with Gasteiger partial charge in [-0.25, -0.2) is 0 Å². The smallest absolute Gasteiger partial charge is 0.145 e. The van der Waals surface area contributed by atoms with Crippen molar-refractivity contribution in [2.45, 2.75) is 52.1 Å². The average Bonchev–Trinajstić information content (AvgIpc) is 2.94. The lowest BCUT2D eigenvalue weighted by Crippen LogP contribution is -2.38. The van der Waals surface area contributed by atoms with Gasteiger partial charge in [-0.2, -0.15) is 5.10 Å². The summed E-state index contributed by atoms with van der Waals surface area (Å²) in [6, 6.07) is 2.66. The zero-order valence-corrected chi connectivity index (χ0v) is 11.7. The number of hydrogen-bond donors (Lipinski definition) is 1. The van der Waals surface area contributed by atoms with E-state index in [0.717, 1.165) is 25.0 Å². The van der Waals surface area contributed by atoms with Gasteiger partial charge in [-0.1, -0.05) is 26.7 Å². The molecule has 1 heterocycles. The maximum Gasteiger partial charge on any atom is 0.145 e. The summed E-state index contributed by atoms with van der Waals surface area (Å²) in [5, 5.41) is 4.26. The van der Waals surface area contributed by atoms with E-state index in [1.54, 1.807) is 0 Å². The summed E-state index contributed by atoms with van der Waals surface area (Å²) in [5.74, 6) is 1.35. The van der Waals surface area contributed by atoms with E-state index in [4.69, 9.17) is 5.73 Å². The largest absolute Gasteiger partial charge is 0.382 e. The van der Waals surface area contributed by atoms with Crippen molar-refractivity contribution in [1.29, 1.82) is 0 Å². The monoisotopic (exact) mass is 250 g/mol. The first-order valence-electron chi connectivity index (χ1n) is 7.18. The Morgan fingerprint density at radius 2 is 2.17 bits per heavy atom. The molecule has 0 atom stereocenters. The Kier molecular flexibility index (Phi) is 4.64. The zero-order valence-electron chi connectivity index (χ0n) is 11.7. The van der Waals surface area contributed by atoms with Crippen LogP contribution < -0.4 is 5.73 Å². The molecule has 2 rings (SSSR count). The standard InChI is InChI=1S/C14H26N4/c1-12(2)11-17(13-5-3-4-6-13)9-10-18-8-7-14(15)16-18/h7-8,12-13H,3-6,9-11H2,1-2H3,(H2,15,16). The third-order valence-electron chi connectivity index (χ3n) is 3.72. The van der Waals surface area contributed by atoms with Crippen LogP contribution >= 0.6 is 0 Å². The fraction of sp³-hybridized carbons (Fsp3) is 0.786.